The number of amides is 1. The second kappa shape index (κ2) is 9.41. The summed E-state index contributed by atoms with van der Waals surface area (Å²) in [4.78, 5) is 26.0. The molecule has 0 bridgehead atoms. The van der Waals surface area contributed by atoms with E-state index in [1.165, 1.54) is 17.1 Å². The first-order valence-corrected chi connectivity index (χ1v) is 11.2. The standard InChI is InChI=1S/C26H23N5O5/c1-35-21-10-8-19(9-11-21)30-25(28-23-6-4-3-5-22(23)26(30)32)17-7-12-24(36-2)18(13-17)15-29-16-20(14-27-29)31(33)34/h3-14,16,25,28H,15H2,1-2H3/t25-/m0/s1. The minimum Gasteiger partial charge on any atom is -0.497 e. The number of hydrogen-bond donors (Lipinski definition) is 1. The average Bonchev–Trinajstić information content (AvgIpc) is 3.38. The van der Waals surface area contributed by atoms with Crippen molar-refractivity contribution in [2.45, 2.75) is 12.7 Å². The van der Waals surface area contributed by atoms with Crippen LogP contribution in [-0.4, -0.2) is 34.8 Å². The van der Waals surface area contributed by atoms with Crippen LogP contribution in [0.5, 0.6) is 11.5 Å². The molecule has 1 atom stereocenters. The summed E-state index contributed by atoms with van der Waals surface area (Å²) < 4.78 is 12.3. The van der Waals surface area contributed by atoms with Gasteiger partial charge in [0.15, 0.2) is 0 Å². The molecule has 182 valence electrons. The van der Waals surface area contributed by atoms with Gasteiger partial charge in [-0.15, -0.1) is 0 Å². The van der Waals surface area contributed by atoms with Crippen molar-refractivity contribution in [1.82, 2.24) is 9.78 Å². The van der Waals surface area contributed by atoms with Gasteiger partial charge in [0.1, 0.15) is 30.1 Å². The summed E-state index contributed by atoms with van der Waals surface area (Å²) in [5.74, 6) is 1.16. The molecule has 0 fully saturated rings. The van der Waals surface area contributed by atoms with Gasteiger partial charge >= 0.3 is 5.69 Å². The van der Waals surface area contributed by atoms with E-state index in [-0.39, 0.29) is 18.1 Å². The molecule has 1 aliphatic rings. The number of carbonyl (C=O) groups is 1. The molecular formula is C26H23N5O5. The molecule has 3 aromatic carbocycles. The molecule has 0 spiro atoms. The highest BCUT2D eigenvalue weighted by Crippen LogP contribution is 2.38. The molecule has 10 heteroatoms. The van der Waals surface area contributed by atoms with Crippen LogP contribution in [0.2, 0.25) is 0 Å². The number of methoxy groups -OCH3 is 2. The van der Waals surface area contributed by atoms with Crippen molar-refractivity contribution in [3.05, 3.63) is 106 Å². The summed E-state index contributed by atoms with van der Waals surface area (Å²) in [6, 6.07) is 20.3. The third-order valence-corrected chi connectivity index (χ3v) is 6.06. The van der Waals surface area contributed by atoms with Crippen LogP contribution >= 0.6 is 0 Å². The zero-order chi connectivity index (χ0) is 25.2. The number of aromatic nitrogens is 2. The van der Waals surface area contributed by atoms with Crippen LogP contribution in [0.3, 0.4) is 0 Å². The van der Waals surface area contributed by atoms with Gasteiger partial charge in [-0.1, -0.05) is 18.2 Å². The molecule has 4 aromatic rings. The lowest BCUT2D eigenvalue weighted by atomic mass is 10.0. The van der Waals surface area contributed by atoms with Gasteiger partial charge in [-0.05, 0) is 54.1 Å². The van der Waals surface area contributed by atoms with Crippen LogP contribution in [0.4, 0.5) is 17.1 Å². The SMILES string of the molecule is COc1ccc(N2C(=O)c3ccccc3N[C@@H]2c2ccc(OC)c(Cn3cc([N+](=O)[O-])cn3)c2)cc1. The summed E-state index contributed by atoms with van der Waals surface area (Å²) >= 11 is 0. The molecule has 0 radical (unpaired) electrons. The molecule has 1 aromatic heterocycles. The van der Waals surface area contributed by atoms with Crippen molar-refractivity contribution in [2.75, 3.05) is 24.4 Å². The monoisotopic (exact) mass is 485 g/mol. The predicted molar refractivity (Wildman–Crippen MR) is 134 cm³/mol. The van der Waals surface area contributed by atoms with Crippen LogP contribution < -0.4 is 19.7 Å². The molecule has 0 saturated heterocycles. The summed E-state index contributed by atoms with van der Waals surface area (Å²) in [6.45, 7) is 0.255. The maximum absolute atomic E-state index is 13.7. The lowest BCUT2D eigenvalue weighted by Gasteiger charge is -2.38. The van der Waals surface area contributed by atoms with Crippen molar-refractivity contribution in [3.8, 4) is 11.5 Å². The lowest BCUT2D eigenvalue weighted by molar-refractivity contribution is -0.385. The first-order valence-electron chi connectivity index (χ1n) is 11.2. The first kappa shape index (κ1) is 22.9. The maximum Gasteiger partial charge on any atom is 0.307 e. The number of nitro groups is 1. The summed E-state index contributed by atoms with van der Waals surface area (Å²) in [5.41, 5.74) is 3.49. The number of ether oxygens (including phenoxy) is 2. The molecule has 0 unspecified atom stereocenters. The number of para-hydroxylation sites is 1. The maximum atomic E-state index is 13.7. The summed E-state index contributed by atoms with van der Waals surface area (Å²) in [5, 5.41) is 18.7. The van der Waals surface area contributed by atoms with Crippen LogP contribution in [-0.2, 0) is 6.54 Å². The third kappa shape index (κ3) is 4.20. The molecule has 2 heterocycles. The third-order valence-electron chi connectivity index (χ3n) is 6.06. The van der Waals surface area contributed by atoms with E-state index >= 15 is 0 Å². The van der Waals surface area contributed by atoms with E-state index in [1.807, 2.05) is 60.7 Å². The Hall–Kier alpha value is -4.86. The van der Waals surface area contributed by atoms with Gasteiger partial charge in [0, 0.05) is 16.9 Å². The molecule has 1 amide bonds. The van der Waals surface area contributed by atoms with Gasteiger partial charge in [0.2, 0.25) is 0 Å². The highest BCUT2D eigenvalue weighted by molar-refractivity contribution is 6.12. The smallest absolute Gasteiger partial charge is 0.307 e. The highest BCUT2D eigenvalue weighted by atomic mass is 16.6. The highest BCUT2D eigenvalue weighted by Gasteiger charge is 2.34. The number of benzene rings is 3. The van der Waals surface area contributed by atoms with Gasteiger partial charge in [-0.2, -0.15) is 5.10 Å². The molecule has 0 aliphatic carbocycles. The van der Waals surface area contributed by atoms with Crippen molar-refractivity contribution in [2.24, 2.45) is 0 Å². The molecular weight excluding hydrogens is 462 g/mol. The van der Waals surface area contributed by atoms with Gasteiger partial charge < -0.3 is 14.8 Å². The second-order valence-electron chi connectivity index (χ2n) is 8.19. The number of rotatable bonds is 7. The van der Waals surface area contributed by atoms with Gasteiger partial charge in [0.25, 0.3) is 5.91 Å². The number of carbonyl (C=O) groups excluding carboxylic acids is 1. The number of nitrogens with one attached hydrogen (secondary N) is 1. The fourth-order valence-corrected chi connectivity index (χ4v) is 4.30. The van der Waals surface area contributed by atoms with Crippen molar-refractivity contribution >= 4 is 23.0 Å². The van der Waals surface area contributed by atoms with Crippen LogP contribution in [0.15, 0.2) is 79.1 Å². The van der Waals surface area contributed by atoms with E-state index < -0.39 is 11.1 Å². The van der Waals surface area contributed by atoms with Crippen molar-refractivity contribution < 1.29 is 19.2 Å². The molecule has 1 N–H and O–H groups in total. The Morgan fingerprint density at radius 1 is 1.06 bits per heavy atom. The summed E-state index contributed by atoms with van der Waals surface area (Å²) in [6.07, 6.45) is 2.06. The lowest BCUT2D eigenvalue weighted by Crippen LogP contribution is -2.43. The number of hydrogen-bond acceptors (Lipinski definition) is 7. The second-order valence-corrected chi connectivity index (χ2v) is 8.19. The summed E-state index contributed by atoms with van der Waals surface area (Å²) in [7, 11) is 3.15. The Bertz CT molecular complexity index is 1430. The fourth-order valence-electron chi connectivity index (χ4n) is 4.30. The Labute approximate surface area is 206 Å². The minimum atomic E-state index is -0.516. The number of anilines is 2. The van der Waals surface area contributed by atoms with Gasteiger partial charge in [0.05, 0.1) is 31.3 Å². The van der Waals surface area contributed by atoms with Crippen molar-refractivity contribution in [3.63, 3.8) is 0 Å². The van der Waals surface area contributed by atoms with E-state index in [0.717, 1.165) is 16.8 Å². The largest absolute Gasteiger partial charge is 0.497 e. The molecule has 5 rings (SSSR count). The van der Waals surface area contributed by atoms with Crippen LogP contribution in [0, 0.1) is 10.1 Å². The topological polar surface area (TPSA) is 112 Å². The normalized spacial score (nSPS) is 14.7. The first-order chi connectivity index (χ1) is 17.5. The Morgan fingerprint density at radius 3 is 2.53 bits per heavy atom. The van der Waals surface area contributed by atoms with Crippen LogP contribution in [0.1, 0.15) is 27.7 Å². The van der Waals surface area contributed by atoms with E-state index in [9.17, 15) is 14.9 Å². The van der Waals surface area contributed by atoms with E-state index in [0.29, 0.717) is 22.7 Å². The Balaban J connectivity index is 1.57. The van der Waals surface area contributed by atoms with Gasteiger partial charge in [-0.3, -0.25) is 24.5 Å². The fraction of sp³-hybridized carbons (Fsp3) is 0.154. The van der Waals surface area contributed by atoms with E-state index in [1.54, 1.807) is 25.2 Å². The molecule has 10 nitrogen and oxygen atoms in total. The van der Waals surface area contributed by atoms with E-state index in [2.05, 4.69) is 10.4 Å². The zero-order valence-electron chi connectivity index (χ0n) is 19.6. The minimum absolute atomic E-state index is 0.0908. The number of fused-ring (bicyclic) bond motifs is 1. The quantitative estimate of drug-likeness (QED) is 0.300. The average molecular weight is 486 g/mol. The zero-order valence-corrected chi connectivity index (χ0v) is 19.6. The van der Waals surface area contributed by atoms with Crippen molar-refractivity contribution in [1.29, 1.82) is 0 Å². The Morgan fingerprint density at radius 2 is 1.83 bits per heavy atom. The Kier molecular flexibility index (Phi) is 5.99. The predicted octanol–water partition coefficient (Wildman–Crippen LogP) is 4.63. The van der Waals surface area contributed by atoms with Gasteiger partial charge in [-0.25, -0.2) is 0 Å². The molecule has 36 heavy (non-hydrogen) atoms. The van der Waals surface area contributed by atoms with Crippen LogP contribution in [0.25, 0.3) is 0 Å². The number of nitrogens with zero attached hydrogens (tertiary/aromatic N) is 4. The molecule has 1 aliphatic heterocycles. The molecule has 0 saturated carbocycles. The van der Waals surface area contributed by atoms with E-state index in [4.69, 9.17) is 9.47 Å².